The van der Waals surface area contributed by atoms with Crippen molar-refractivity contribution in [1.82, 2.24) is 10.3 Å². The van der Waals surface area contributed by atoms with Crippen LogP contribution in [0.4, 0.5) is 0 Å². The van der Waals surface area contributed by atoms with E-state index < -0.39 is 0 Å². The number of hydrogen-bond acceptors (Lipinski definition) is 5. The summed E-state index contributed by atoms with van der Waals surface area (Å²) in [5.41, 5.74) is 0.262. The number of H-pyrrole nitrogens is 2. The number of hydrogen-bond donors (Lipinski definition) is 1. The molecule has 0 spiro atoms. The van der Waals surface area contributed by atoms with Crippen LogP contribution in [-0.2, 0) is 0 Å². The van der Waals surface area contributed by atoms with Gasteiger partial charge >= 0.3 is 5.56 Å². The summed E-state index contributed by atoms with van der Waals surface area (Å²) >= 11 is 2.77. The lowest BCUT2D eigenvalue weighted by Crippen LogP contribution is -2.21. The number of rotatable bonds is 2. The predicted molar refractivity (Wildman–Crippen MR) is 58.6 cm³/mol. The molecule has 0 atom stereocenters. The highest BCUT2D eigenvalue weighted by atomic mass is 32.2. The standard InChI is InChI=1S/C8H7N3O2S2/c1-3(12)6-5-4(8(14-2)15-6)7(13)10-11-9-5/h1-2H3,(H,9,10,13)/p+1. The van der Waals surface area contributed by atoms with E-state index >= 15 is 0 Å². The fraction of sp³-hybridized carbons (Fsp3) is 0.250. The zero-order valence-electron chi connectivity index (χ0n) is 8.08. The molecular weight excluding hydrogens is 234 g/mol. The molecule has 15 heavy (non-hydrogen) atoms. The van der Waals surface area contributed by atoms with Crippen LogP contribution in [0.1, 0.15) is 16.6 Å². The third-order valence-electron chi connectivity index (χ3n) is 1.93. The van der Waals surface area contributed by atoms with Crippen molar-refractivity contribution in [1.29, 1.82) is 0 Å². The van der Waals surface area contributed by atoms with Crippen LogP contribution in [0.15, 0.2) is 9.00 Å². The molecule has 2 heterocycles. The Morgan fingerprint density at radius 3 is 2.93 bits per heavy atom. The maximum Gasteiger partial charge on any atom is 0.365 e. The fourth-order valence-electron chi connectivity index (χ4n) is 1.31. The molecule has 0 unspecified atom stereocenters. The van der Waals surface area contributed by atoms with E-state index in [1.165, 1.54) is 30.0 Å². The average molecular weight is 242 g/mol. The van der Waals surface area contributed by atoms with Gasteiger partial charge in [-0.25, -0.2) is 4.79 Å². The number of aromatic amines is 2. The molecule has 78 valence electrons. The highest BCUT2D eigenvalue weighted by Gasteiger charge is 2.21. The Hall–Kier alpha value is -1.21. The molecule has 0 fully saturated rings. The molecule has 2 aromatic heterocycles. The van der Waals surface area contributed by atoms with Crippen molar-refractivity contribution < 1.29 is 9.89 Å². The van der Waals surface area contributed by atoms with E-state index in [-0.39, 0.29) is 11.3 Å². The van der Waals surface area contributed by atoms with Crippen LogP contribution in [0, 0.1) is 0 Å². The van der Waals surface area contributed by atoms with Crippen LogP contribution in [0.5, 0.6) is 0 Å². The first kappa shape index (κ1) is 10.3. The van der Waals surface area contributed by atoms with Gasteiger partial charge in [-0.2, -0.15) is 0 Å². The lowest BCUT2D eigenvalue weighted by Gasteiger charge is -1.85. The van der Waals surface area contributed by atoms with Crippen molar-refractivity contribution in [3.63, 3.8) is 0 Å². The average Bonchev–Trinajstić information content (AvgIpc) is 2.58. The molecule has 0 radical (unpaired) electrons. The zero-order chi connectivity index (χ0) is 11.0. The quantitative estimate of drug-likeness (QED) is 0.622. The zero-order valence-corrected chi connectivity index (χ0v) is 9.71. The van der Waals surface area contributed by atoms with Crippen LogP contribution in [0.2, 0.25) is 0 Å². The normalized spacial score (nSPS) is 10.8. The van der Waals surface area contributed by atoms with Crippen molar-refractivity contribution in [3.05, 3.63) is 15.2 Å². The first-order valence-electron chi connectivity index (χ1n) is 4.13. The van der Waals surface area contributed by atoms with Crippen LogP contribution < -0.4 is 10.7 Å². The molecule has 0 aliphatic carbocycles. The Labute approximate surface area is 92.9 Å². The van der Waals surface area contributed by atoms with Gasteiger partial charge in [-0.3, -0.25) is 4.79 Å². The Bertz CT molecular complexity index is 587. The molecule has 0 aromatic carbocycles. The second-order valence-corrected chi connectivity index (χ2v) is 4.99. The van der Waals surface area contributed by atoms with E-state index in [0.29, 0.717) is 15.8 Å². The van der Waals surface area contributed by atoms with E-state index in [2.05, 4.69) is 15.4 Å². The molecule has 0 saturated heterocycles. The highest BCUT2D eigenvalue weighted by molar-refractivity contribution is 8.00. The first-order valence-corrected chi connectivity index (χ1v) is 6.17. The summed E-state index contributed by atoms with van der Waals surface area (Å²) in [6.07, 6.45) is 1.87. The van der Waals surface area contributed by atoms with Gasteiger partial charge in [0.05, 0.1) is 9.42 Å². The van der Waals surface area contributed by atoms with Gasteiger partial charge in [-0.15, -0.1) is 33.3 Å². The second kappa shape index (κ2) is 3.74. The van der Waals surface area contributed by atoms with Crippen molar-refractivity contribution in [2.75, 3.05) is 6.26 Å². The third-order valence-corrected chi connectivity index (χ3v) is 4.34. The van der Waals surface area contributed by atoms with Crippen molar-refractivity contribution in [2.24, 2.45) is 0 Å². The smallest absolute Gasteiger partial charge is 0.293 e. The molecule has 0 amide bonds. The minimum Gasteiger partial charge on any atom is -0.293 e. The van der Waals surface area contributed by atoms with Gasteiger partial charge in [0, 0.05) is 6.92 Å². The van der Waals surface area contributed by atoms with Gasteiger partial charge in [0.2, 0.25) is 0 Å². The molecule has 0 aliphatic rings. The number of thioether (sulfide) groups is 1. The number of Topliss-reactive ketones (excluding diaryl/α,β-unsaturated/α-hetero) is 1. The van der Waals surface area contributed by atoms with Crippen molar-refractivity contribution in [3.8, 4) is 0 Å². The SMILES string of the molecule is CSc1sc(C(C)=O)c2[nH+]n[nH]c(=O)c12. The summed E-state index contributed by atoms with van der Waals surface area (Å²) in [6.45, 7) is 1.48. The Balaban J connectivity index is 2.93. The monoisotopic (exact) mass is 242 g/mol. The lowest BCUT2D eigenvalue weighted by molar-refractivity contribution is -0.433. The Kier molecular flexibility index (Phi) is 2.57. The molecule has 0 aliphatic heterocycles. The van der Waals surface area contributed by atoms with Gasteiger partial charge < -0.3 is 0 Å². The topological polar surface area (TPSA) is 77.0 Å². The molecule has 2 rings (SSSR count). The van der Waals surface area contributed by atoms with E-state index in [1.807, 2.05) is 6.26 Å². The van der Waals surface area contributed by atoms with Gasteiger partial charge in [0.25, 0.3) is 0 Å². The minimum atomic E-state index is -0.267. The van der Waals surface area contributed by atoms with E-state index in [0.717, 1.165) is 4.21 Å². The summed E-state index contributed by atoms with van der Waals surface area (Å²) in [6, 6.07) is 0. The maximum absolute atomic E-state index is 11.5. The number of fused-ring (bicyclic) bond motifs is 1. The summed E-state index contributed by atoms with van der Waals surface area (Å²) in [5.74, 6) is -0.0612. The van der Waals surface area contributed by atoms with Gasteiger partial charge in [-0.1, -0.05) is 0 Å². The summed E-state index contributed by atoms with van der Waals surface area (Å²) in [7, 11) is 0. The van der Waals surface area contributed by atoms with Crippen LogP contribution >= 0.6 is 23.1 Å². The summed E-state index contributed by atoms with van der Waals surface area (Å²) in [5, 5.41) is 9.10. The molecule has 0 bridgehead atoms. The Morgan fingerprint density at radius 2 is 2.33 bits per heavy atom. The Morgan fingerprint density at radius 1 is 1.60 bits per heavy atom. The summed E-state index contributed by atoms with van der Waals surface area (Å²) < 4.78 is 0.829. The maximum atomic E-state index is 11.5. The van der Waals surface area contributed by atoms with E-state index in [9.17, 15) is 9.59 Å². The van der Waals surface area contributed by atoms with Crippen LogP contribution in [-0.4, -0.2) is 22.4 Å². The molecule has 5 nitrogen and oxygen atoms in total. The molecule has 7 heteroatoms. The van der Waals surface area contributed by atoms with Gasteiger partial charge in [0.1, 0.15) is 10.3 Å². The first-order chi connectivity index (χ1) is 7.15. The largest absolute Gasteiger partial charge is 0.365 e. The molecule has 2 N–H and O–H groups in total. The van der Waals surface area contributed by atoms with Gasteiger partial charge in [-0.05, 0) is 6.26 Å². The minimum absolute atomic E-state index is 0.0612. The highest BCUT2D eigenvalue weighted by Crippen LogP contribution is 2.32. The molecule has 2 aromatic rings. The molecular formula is C8H8N3O2S2+. The van der Waals surface area contributed by atoms with Crippen LogP contribution in [0.25, 0.3) is 10.9 Å². The second-order valence-electron chi connectivity index (χ2n) is 2.89. The molecule has 0 saturated carbocycles. The van der Waals surface area contributed by atoms with Crippen molar-refractivity contribution in [2.45, 2.75) is 11.1 Å². The van der Waals surface area contributed by atoms with Gasteiger partial charge in [0.15, 0.2) is 11.3 Å². The number of thiophene rings is 1. The predicted octanol–water partition coefficient (Wildman–Crippen LogP) is 0.723. The van der Waals surface area contributed by atoms with Crippen LogP contribution in [0.3, 0.4) is 0 Å². The number of aromatic nitrogens is 3. The summed E-state index contributed by atoms with van der Waals surface area (Å²) in [4.78, 5) is 23.4. The number of ketones is 1. The number of nitrogens with one attached hydrogen (secondary N) is 2. The lowest BCUT2D eigenvalue weighted by atomic mass is 10.3. The number of carbonyl (C=O) groups excluding carboxylic acids is 1. The van der Waals surface area contributed by atoms with E-state index in [1.54, 1.807) is 0 Å². The third kappa shape index (κ3) is 1.57. The van der Waals surface area contributed by atoms with E-state index in [4.69, 9.17) is 0 Å². The number of nitrogens with zero attached hydrogens (tertiary/aromatic N) is 1. The number of carbonyl (C=O) groups is 1. The van der Waals surface area contributed by atoms with Crippen molar-refractivity contribution >= 4 is 39.8 Å². The fourth-order valence-corrected chi connectivity index (χ4v) is 3.16.